The van der Waals surface area contributed by atoms with Crippen LogP contribution in [0.1, 0.15) is 47.0 Å². The Morgan fingerprint density at radius 2 is 2.14 bits per heavy atom. The first kappa shape index (κ1) is 18.6. The van der Waals surface area contributed by atoms with Gasteiger partial charge in [-0.1, -0.05) is 6.92 Å². The molecule has 1 N–H and O–H groups in total. The molecule has 0 aromatic carbocycles. The fraction of sp³-hybridized carbons (Fsp3) is 0.938. The van der Waals surface area contributed by atoms with Crippen LogP contribution in [0.4, 0.5) is 4.79 Å². The number of nitrogens with one attached hydrogen (secondary N) is 1. The molecule has 0 saturated carbocycles. The lowest BCUT2D eigenvalue weighted by molar-refractivity contribution is 0.00993. The van der Waals surface area contributed by atoms with Crippen LogP contribution in [0.3, 0.4) is 0 Å². The third-order valence-corrected chi connectivity index (χ3v) is 4.48. The highest BCUT2D eigenvalue weighted by molar-refractivity contribution is 7.98. The maximum absolute atomic E-state index is 12.3. The molecular formula is C16H32N2O2S. The Morgan fingerprint density at radius 3 is 2.76 bits per heavy atom. The Hall–Kier alpha value is -0.420. The summed E-state index contributed by atoms with van der Waals surface area (Å²) >= 11 is 1.88. The fourth-order valence-electron chi connectivity index (χ4n) is 2.61. The van der Waals surface area contributed by atoms with Gasteiger partial charge in [0.05, 0.1) is 0 Å². The molecule has 2 unspecified atom stereocenters. The van der Waals surface area contributed by atoms with E-state index in [1.54, 1.807) is 0 Å². The molecule has 1 heterocycles. The van der Waals surface area contributed by atoms with Gasteiger partial charge in [0.25, 0.3) is 0 Å². The zero-order valence-electron chi connectivity index (χ0n) is 14.3. The van der Waals surface area contributed by atoms with E-state index < -0.39 is 5.60 Å². The van der Waals surface area contributed by atoms with Gasteiger partial charge in [-0.15, -0.1) is 0 Å². The van der Waals surface area contributed by atoms with Gasteiger partial charge in [-0.2, -0.15) is 11.8 Å². The molecular weight excluding hydrogens is 284 g/mol. The molecule has 0 radical (unpaired) electrons. The molecule has 0 spiro atoms. The monoisotopic (exact) mass is 316 g/mol. The summed E-state index contributed by atoms with van der Waals surface area (Å²) in [5, 5.41) is 3.52. The highest BCUT2D eigenvalue weighted by atomic mass is 32.2. The summed E-state index contributed by atoms with van der Waals surface area (Å²) < 4.78 is 5.53. The average molecular weight is 317 g/mol. The maximum Gasteiger partial charge on any atom is 0.410 e. The van der Waals surface area contributed by atoms with E-state index in [1.807, 2.05) is 37.4 Å². The van der Waals surface area contributed by atoms with Crippen LogP contribution in [-0.2, 0) is 4.74 Å². The van der Waals surface area contributed by atoms with Crippen molar-refractivity contribution in [2.75, 3.05) is 31.6 Å². The van der Waals surface area contributed by atoms with Gasteiger partial charge in [0.1, 0.15) is 5.60 Å². The Balaban J connectivity index is 2.44. The minimum absolute atomic E-state index is 0.161. The van der Waals surface area contributed by atoms with E-state index >= 15 is 0 Å². The van der Waals surface area contributed by atoms with Crippen molar-refractivity contribution >= 4 is 17.9 Å². The number of hydrogen-bond donors (Lipinski definition) is 1. The lowest BCUT2D eigenvalue weighted by Gasteiger charge is -2.37. The number of hydrogen-bond acceptors (Lipinski definition) is 4. The summed E-state index contributed by atoms with van der Waals surface area (Å²) in [7, 11) is 0. The Bertz CT molecular complexity index is 318. The van der Waals surface area contributed by atoms with Crippen molar-refractivity contribution < 1.29 is 9.53 Å². The highest BCUT2D eigenvalue weighted by Gasteiger charge is 2.30. The van der Waals surface area contributed by atoms with Crippen LogP contribution in [0.5, 0.6) is 0 Å². The van der Waals surface area contributed by atoms with E-state index in [4.69, 9.17) is 4.74 Å². The first-order chi connectivity index (χ1) is 9.83. The third-order valence-electron chi connectivity index (χ3n) is 3.58. The molecule has 1 rings (SSSR count). The molecule has 4 nitrogen and oxygen atoms in total. The summed E-state index contributed by atoms with van der Waals surface area (Å²) in [5.41, 5.74) is -0.417. The quantitative estimate of drug-likeness (QED) is 0.816. The molecule has 0 aromatic heterocycles. The number of amides is 1. The molecule has 2 atom stereocenters. The van der Waals surface area contributed by atoms with Crippen molar-refractivity contribution in [1.82, 2.24) is 10.2 Å². The minimum Gasteiger partial charge on any atom is -0.444 e. The molecule has 124 valence electrons. The van der Waals surface area contributed by atoms with E-state index in [1.165, 1.54) is 12.2 Å². The summed E-state index contributed by atoms with van der Waals surface area (Å²) in [4.78, 5) is 14.2. The van der Waals surface area contributed by atoms with Crippen LogP contribution < -0.4 is 5.32 Å². The van der Waals surface area contributed by atoms with Crippen LogP contribution in [0, 0.1) is 5.92 Å². The van der Waals surface area contributed by atoms with Crippen LogP contribution in [-0.4, -0.2) is 54.3 Å². The maximum atomic E-state index is 12.3. The smallest absolute Gasteiger partial charge is 0.410 e. The van der Waals surface area contributed by atoms with Crippen LogP contribution in [0.15, 0.2) is 0 Å². The normalized spacial score (nSPS) is 21.2. The van der Waals surface area contributed by atoms with Crippen molar-refractivity contribution in [3.8, 4) is 0 Å². The van der Waals surface area contributed by atoms with Crippen molar-refractivity contribution in [1.29, 1.82) is 0 Å². The molecule has 21 heavy (non-hydrogen) atoms. The second kappa shape index (κ2) is 8.89. The molecule has 1 saturated heterocycles. The van der Waals surface area contributed by atoms with E-state index in [-0.39, 0.29) is 12.1 Å². The number of likely N-dealkylation sites (tertiary alicyclic amines) is 1. The van der Waals surface area contributed by atoms with Gasteiger partial charge in [0.15, 0.2) is 0 Å². The van der Waals surface area contributed by atoms with Gasteiger partial charge in [0, 0.05) is 19.1 Å². The molecule has 1 aliphatic heterocycles. The molecule has 1 amide bonds. The van der Waals surface area contributed by atoms with Crippen molar-refractivity contribution in [2.24, 2.45) is 5.92 Å². The summed E-state index contributed by atoms with van der Waals surface area (Å²) in [5.74, 6) is 1.84. The zero-order chi connectivity index (χ0) is 15.9. The van der Waals surface area contributed by atoms with Gasteiger partial charge in [-0.05, 0) is 64.5 Å². The number of carbonyl (C=O) groups is 1. The van der Waals surface area contributed by atoms with Gasteiger partial charge in [-0.3, -0.25) is 0 Å². The standard InChI is InChI=1S/C16H32N2O2S/c1-13(12-21-5)10-17-11-14-8-6-7-9-18(14)15(19)20-16(2,3)4/h13-14,17H,6-12H2,1-5H3. The number of nitrogens with zero attached hydrogens (tertiary/aromatic N) is 1. The Morgan fingerprint density at radius 1 is 1.43 bits per heavy atom. The molecule has 0 aliphatic carbocycles. The van der Waals surface area contributed by atoms with Gasteiger partial charge in [-0.25, -0.2) is 4.79 Å². The molecule has 0 bridgehead atoms. The highest BCUT2D eigenvalue weighted by Crippen LogP contribution is 2.20. The SMILES string of the molecule is CSCC(C)CNCC1CCCCN1C(=O)OC(C)(C)C. The minimum atomic E-state index is -0.417. The number of thioether (sulfide) groups is 1. The van der Waals surface area contributed by atoms with Crippen LogP contribution >= 0.6 is 11.8 Å². The van der Waals surface area contributed by atoms with Gasteiger partial charge >= 0.3 is 6.09 Å². The van der Waals surface area contributed by atoms with E-state index in [2.05, 4.69) is 18.5 Å². The molecule has 5 heteroatoms. The van der Waals surface area contributed by atoms with Crippen molar-refractivity contribution in [3.63, 3.8) is 0 Å². The van der Waals surface area contributed by atoms with E-state index in [0.717, 1.165) is 32.5 Å². The van der Waals surface area contributed by atoms with E-state index in [0.29, 0.717) is 5.92 Å². The predicted octanol–water partition coefficient (Wildman–Crippen LogP) is 3.36. The predicted molar refractivity (Wildman–Crippen MR) is 91.0 cm³/mol. The largest absolute Gasteiger partial charge is 0.444 e. The molecule has 1 fully saturated rings. The van der Waals surface area contributed by atoms with Crippen molar-refractivity contribution in [3.05, 3.63) is 0 Å². The average Bonchev–Trinajstić information content (AvgIpc) is 2.37. The first-order valence-corrected chi connectivity index (χ1v) is 9.42. The number of ether oxygens (including phenoxy) is 1. The Labute approximate surface area is 134 Å². The van der Waals surface area contributed by atoms with Gasteiger partial charge in [0.2, 0.25) is 0 Å². The number of rotatable bonds is 6. The third kappa shape index (κ3) is 7.41. The summed E-state index contributed by atoms with van der Waals surface area (Å²) in [6.45, 7) is 10.7. The number of carbonyl (C=O) groups excluding carboxylic acids is 1. The van der Waals surface area contributed by atoms with Crippen molar-refractivity contribution in [2.45, 2.75) is 58.6 Å². The second-order valence-corrected chi connectivity index (χ2v) is 7.95. The van der Waals surface area contributed by atoms with E-state index in [9.17, 15) is 4.79 Å². The second-order valence-electron chi connectivity index (χ2n) is 7.04. The number of piperidine rings is 1. The summed E-state index contributed by atoms with van der Waals surface area (Å²) in [6, 6.07) is 0.273. The Kier molecular flexibility index (Phi) is 7.88. The zero-order valence-corrected chi connectivity index (χ0v) is 15.1. The fourth-order valence-corrected chi connectivity index (χ4v) is 3.30. The molecule has 1 aliphatic rings. The van der Waals surface area contributed by atoms with Crippen LogP contribution in [0.2, 0.25) is 0 Å². The van der Waals surface area contributed by atoms with Gasteiger partial charge < -0.3 is 15.0 Å². The lowest BCUT2D eigenvalue weighted by atomic mass is 10.0. The first-order valence-electron chi connectivity index (χ1n) is 8.02. The topological polar surface area (TPSA) is 41.6 Å². The lowest BCUT2D eigenvalue weighted by Crippen LogP contribution is -2.50. The summed E-state index contributed by atoms with van der Waals surface area (Å²) in [6.07, 6.45) is 5.33. The van der Waals surface area contributed by atoms with Crippen LogP contribution in [0.25, 0.3) is 0 Å². The molecule has 0 aromatic rings.